The Kier molecular flexibility index (Phi) is 5.55. The molecule has 2 aliphatic heterocycles. The Morgan fingerprint density at radius 3 is 2.41 bits per heavy atom. The molecule has 0 spiro atoms. The number of nitrogens with one attached hydrogen (secondary N) is 1. The zero-order valence-corrected chi connectivity index (χ0v) is 18.9. The number of nitrogens with zero attached hydrogens (tertiary/aromatic N) is 3. The fraction of sp³-hybridized carbons (Fsp3) is 0.609. The van der Waals surface area contributed by atoms with Gasteiger partial charge in [0.25, 0.3) is 0 Å². The maximum Gasteiger partial charge on any atom is 0.410 e. The van der Waals surface area contributed by atoms with Crippen molar-refractivity contribution in [2.24, 2.45) is 11.8 Å². The first-order chi connectivity index (χ1) is 15.0. The molecule has 2 N–H and O–H groups in total. The van der Waals surface area contributed by atoms with Gasteiger partial charge in [-0.1, -0.05) is 12.1 Å². The summed E-state index contributed by atoms with van der Waals surface area (Å²) in [6.45, 7) is 8.76. The van der Waals surface area contributed by atoms with E-state index >= 15 is 0 Å². The Bertz CT molecular complexity index is 923. The minimum Gasteiger partial charge on any atom is -0.444 e. The second-order valence-electron chi connectivity index (χ2n) is 9.80. The average molecular weight is 443 g/mol. The molecule has 0 bridgehead atoms. The van der Waals surface area contributed by atoms with Crippen LogP contribution in [0.3, 0.4) is 0 Å². The number of anilines is 1. The third-order valence-corrected chi connectivity index (χ3v) is 6.45. The first-order valence-electron chi connectivity index (χ1n) is 10.9. The van der Waals surface area contributed by atoms with Crippen LogP contribution in [0.2, 0.25) is 0 Å². The molecular formula is C23H30N4O5. The molecule has 1 aromatic carbocycles. The molecule has 5 atom stereocenters. The molecule has 2 unspecified atom stereocenters. The highest BCUT2D eigenvalue weighted by atomic mass is 16.6. The summed E-state index contributed by atoms with van der Waals surface area (Å²) >= 11 is 0. The van der Waals surface area contributed by atoms with Crippen LogP contribution in [0, 0.1) is 23.2 Å². The van der Waals surface area contributed by atoms with E-state index in [1.165, 1.54) is 6.92 Å². The number of piperidine rings is 1. The minimum absolute atomic E-state index is 0.0913. The number of benzene rings is 1. The van der Waals surface area contributed by atoms with E-state index in [1.807, 2.05) is 45.0 Å². The molecule has 2 heterocycles. The Labute approximate surface area is 187 Å². The second-order valence-corrected chi connectivity index (χ2v) is 9.80. The molecule has 2 amide bonds. The van der Waals surface area contributed by atoms with Crippen LogP contribution in [0.4, 0.5) is 10.5 Å². The Morgan fingerprint density at radius 2 is 1.88 bits per heavy atom. The van der Waals surface area contributed by atoms with Gasteiger partial charge in [0.15, 0.2) is 0 Å². The van der Waals surface area contributed by atoms with Crippen LogP contribution < -0.4 is 10.2 Å². The molecule has 1 saturated carbocycles. The smallest absolute Gasteiger partial charge is 0.410 e. The number of likely N-dealkylation sites (tertiary alicyclic amines) is 1. The molecule has 9 heteroatoms. The predicted molar refractivity (Wildman–Crippen MR) is 115 cm³/mol. The van der Waals surface area contributed by atoms with E-state index < -0.39 is 17.4 Å². The highest BCUT2D eigenvalue weighted by molar-refractivity contribution is 5.72. The number of hydrogen-bond acceptors (Lipinski definition) is 7. The molecule has 1 aliphatic carbocycles. The van der Waals surface area contributed by atoms with Gasteiger partial charge in [-0.05, 0) is 38.5 Å². The van der Waals surface area contributed by atoms with Crippen molar-refractivity contribution in [3.05, 3.63) is 29.8 Å². The SMILES string of the molecule is CC(=O)NC[C@H]1CN(c2ccc(C3(C#N)[C@@H]4CN(C(=O)OC(C)(C)C)C[C@@H]43)cc2)C(O)O1. The van der Waals surface area contributed by atoms with Crippen molar-refractivity contribution in [3.63, 3.8) is 0 Å². The van der Waals surface area contributed by atoms with E-state index in [4.69, 9.17) is 9.47 Å². The van der Waals surface area contributed by atoms with E-state index in [0.29, 0.717) is 26.2 Å². The lowest BCUT2D eigenvalue weighted by molar-refractivity contribution is -0.121. The normalized spacial score (nSPS) is 31.1. The van der Waals surface area contributed by atoms with E-state index in [1.54, 1.807) is 9.80 Å². The number of nitriles is 1. The van der Waals surface area contributed by atoms with Crippen LogP contribution in [0.5, 0.6) is 0 Å². The Morgan fingerprint density at radius 1 is 1.25 bits per heavy atom. The van der Waals surface area contributed by atoms with Gasteiger partial charge in [0.2, 0.25) is 12.3 Å². The van der Waals surface area contributed by atoms with Crippen LogP contribution in [0.1, 0.15) is 33.3 Å². The molecular weight excluding hydrogens is 412 g/mol. The van der Waals surface area contributed by atoms with Gasteiger partial charge in [-0.15, -0.1) is 0 Å². The molecule has 32 heavy (non-hydrogen) atoms. The van der Waals surface area contributed by atoms with E-state index in [0.717, 1.165) is 11.3 Å². The highest BCUT2D eigenvalue weighted by Gasteiger charge is 2.70. The largest absolute Gasteiger partial charge is 0.444 e. The summed E-state index contributed by atoms with van der Waals surface area (Å²) in [7, 11) is 0. The number of carbonyl (C=O) groups is 2. The van der Waals surface area contributed by atoms with Crippen molar-refractivity contribution in [2.75, 3.05) is 31.1 Å². The third kappa shape index (κ3) is 4.00. The molecule has 0 aromatic heterocycles. The average Bonchev–Trinajstić information content (AvgIpc) is 3.02. The fourth-order valence-corrected chi connectivity index (χ4v) is 4.89. The van der Waals surface area contributed by atoms with Crippen molar-refractivity contribution < 1.29 is 24.2 Å². The van der Waals surface area contributed by atoms with Gasteiger partial charge >= 0.3 is 6.09 Å². The first-order valence-corrected chi connectivity index (χ1v) is 10.9. The molecule has 3 fully saturated rings. The second kappa shape index (κ2) is 7.94. The van der Waals surface area contributed by atoms with Gasteiger partial charge in [-0.3, -0.25) is 4.79 Å². The zero-order chi connectivity index (χ0) is 23.3. The minimum atomic E-state index is -1.09. The van der Waals surface area contributed by atoms with E-state index in [-0.39, 0.29) is 29.9 Å². The highest BCUT2D eigenvalue weighted by Crippen LogP contribution is 2.63. The number of ether oxygens (including phenoxy) is 2. The van der Waals surface area contributed by atoms with Crippen LogP contribution in [-0.2, 0) is 19.7 Å². The van der Waals surface area contributed by atoms with Gasteiger partial charge in [0, 0.05) is 44.1 Å². The first kappa shape index (κ1) is 22.4. The summed E-state index contributed by atoms with van der Waals surface area (Å²) in [6, 6.07) is 10.1. The van der Waals surface area contributed by atoms with E-state index in [2.05, 4.69) is 11.4 Å². The predicted octanol–water partition coefficient (Wildman–Crippen LogP) is 1.56. The summed E-state index contributed by atoms with van der Waals surface area (Å²) in [4.78, 5) is 26.9. The number of carbonyl (C=O) groups excluding carboxylic acids is 2. The van der Waals surface area contributed by atoms with E-state index in [9.17, 15) is 20.0 Å². The zero-order valence-electron chi connectivity index (χ0n) is 18.9. The number of hydrogen-bond donors (Lipinski definition) is 2. The molecule has 0 radical (unpaired) electrons. The molecule has 1 aromatic rings. The van der Waals surface area contributed by atoms with Gasteiger partial charge < -0.3 is 29.7 Å². The summed E-state index contributed by atoms with van der Waals surface area (Å²) in [5.41, 5.74) is 0.565. The Balaban J connectivity index is 1.40. The topological polar surface area (TPSA) is 115 Å². The lowest BCUT2D eigenvalue weighted by Crippen LogP contribution is -2.38. The summed E-state index contributed by atoms with van der Waals surface area (Å²) in [6.07, 6.45) is -1.73. The fourth-order valence-electron chi connectivity index (χ4n) is 4.89. The maximum absolute atomic E-state index is 12.4. The number of aliphatic hydroxyl groups is 1. The lowest BCUT2D eigenvalue weighted by Gasteiger charge is -2.27. The lowest BCUT2D eigenvalue weighted by atomic mass is 9.91. The van der Waals surface area contributed by atoms with Crippen molar-refractivity contribution in [1.82, 2.24) is 10.2 Å². The summed E-state index contributed by atoms with van der Waals surface area (Å²) in [5.74, 6) is 0.0372. The monoisotopic (exact) mass is 442 g/mol. The Hall–Kier alpha value is -2.83. The van der Waals surface area contributed by atoms with Gasteiger partial charge in [0.1, 0.15) is 5.60 Å². The van der Waals surface area contributed by atoms with Crippen LogP contribution in [0.25, 0.3) is 0 Å². The van der Waals surface area contributed by atoms with Crippen molar-refractivity contribution in [1.29, 1.82) is 5.26 Å². The standard InChI is InChI=1S/C23H30N4O5/c1-14(28)25-9-17-10-27(21(30)31-17)16-7-5-15(6-8-16)23(13-24)18-11-26(12-19(18)23)20(29)32-22(2,3)4/h5-8,17-19,21,30H,9-12H2,1-4H3,(H,25,28)/t17-,18-,19+,21?,23?/m0/s1. The molecule has 4 rings (SSSR count). The van der Waals surface area contributed by atoms with Crippen molar-refractivity contribution in [2.45, 2.75) is 51.2 Å². The molecule has 3 aliphatic rings. The third-order valence-electron chi connectivity index (χ3n) is 6.45. The van der Waals surface area contributed by atoms with Crippen molar-refractivity contribution >= 4 is 17.7 Å². The maximum atomic E-state index is 12.4. The van der Waals surface area contributed by atoms with Crippen molar-refractivity contribution in [3.8, 4) is 6.07 Å². The quantitative estimate of drug-likeness (QED) is 0.727. The number of fused-ring (bicyclic) bond motifs is 1. The van der Waals surface area contributed by atoms with Crippen LogP contribution in [-0.4, -0.2) is 66.3 Å². The van der Waals surface area contributed by atoms with Gasteiger partial charge in [0.05, 0.1) is 24.1 Å². The number of rotatable bonds is 4. The van der Waals surface area contributed by atoms with Crippen LogP contribution in [0.15, 0.2) is 24.3 Å². The number of amides is 2. The molecule has 172 valence electrons. The van der Waals surface area contributed by atoms with Crippen LogP contribution >= 0.6 is 0 Å². The van der Waals surface area contributed by atoms with Gasteiger partial charge in [-0.2, -0.15) is 5.26 Å². The molecule has 2 saturated heterocycles. The summed E-state index contributed by atoms with van der Waals surface area (Å²) < 4.78 is 11.0. The number of aliphatic hydroxyl groups excluding tert-OH is 1. The summed E-state index contributed by atoms with van der Waals surface area (Å²) in [5, 5.41) is 22.9. The van der Waals surface area contributed by atoms with Gasteiger partial charge in [-0.25, -0.2) is 4.79 Å². The molecule has 9 nitrogen and oxygen atoms in total.